The van der Waals surface area contributed by atoms with Gasteiger partial charge in [0.25, 0.3) is 0 Å². The molecule has 2 fully saturated rings. The molecule has 1 saturated heterocycles. The summed E-state index contributed by atoms with van der Waals surface area (Å²) in [7, 11) is 0. The monoisotopic (exact) mass is 358 g/mol. The molecular formula is C21H30N2O3. The molecule has 1 aliphatic carbocycles. The maximum atomic E-state index is 12.7. The molecule has 0 unspecified atom stereocenters. The summed E-state index contributed by atoms with van der Waals surface area (Å²) in [6.45, 7) is 4.86. The minimum atomic E-state index is 0.214. The molecule has 0 radical (unpaired) electrons. The molecule has 2 aliphatic rings. The van der Waals surface area contributed by atoms with Gasteiger partial charge in [0.05, 0.1) is 6.61 Å². The topological polar surface area (TPSA) is 49.9 Å². The molecule has 0 spiro atoms. The van der Waals surface area contributed by atoms with Gasteiger partial charge in [0.15, 0.2) is 0 Å². The molecule has 142 valence electrons. The first-order valence-corrected chi connectivity index (χ1v) is 9.96. The first-order chi connectivity index (χ1) is 12.7. The predicted octanol–water partition coefficient (Wildman–Crippen LogP) is 3.37. The number of ether oxygens (including phenoxy) is 1. The zero-order chi connectivity index (χ0) is 18.4. The summed E-state index contributed by atoms with van der Waals surface area (Å²) in [6.07, 6.45) is 6.26. The summed E-state index contributed by atoms with van der Waals surface area (Å²) in [4.78, 5) is 28.5. The van der Waals surface area contributed by atoms with E-state index < -0.39 is 0 Å². The van der Waals surface area contributed by atoms with Crippen LogP contribution in [0, 0.1) is 0 Å². The Kier molecular flexibility index (Phi) is 6.53. The Balaban J connectivity index is 1.49. The number of carbonyl (C=O) groups is 2. The molecule has 5 heteroatoms. The third-order valence-corrected chi connectivity index (χ3v) is 5.14. The Morgan fingerprint density at radius 1 is 1.23 bits per heavy atom. The van der Waals surface area contributed by atoms with Crippen LogP contribution >= 0.6 is 0 Å². The number of hydrogen-bond acceptors (Lipinski definition) is 3. The van der Waals surface area contributed by atoms with E-state index in [-0.39, 0.29) is 11.8 Å². The molecule has 2 amide bonds. The summed E-state index contributed by atoms with van der Waals surface area (Å²) in [5, 5.41) is 0. The lowest BCUT2D eigenvalue weighted by atomic mass is 10.1. The van der Waals surface area contributed by atoms with Crippen molar-refractivity contribution in [2.75, 3.05) is 19.7 Å². The lowest BCUT2D eigenvalue weighted by Crippen LogP contribution is -2.37. The Morgan fingerprint density at radius 2 is 2.00 bits per heavy atom. The summed E-state index contributed by atoms with van der Waals surface area (Å²) >= 11 is 0. The van der Waals surface area contributed by atoms with Crippen LogP contribution < -0.4 is 4.74 Å². The van der Waals surface area contributed by atoms with Crippen LogP contribution in [-0.4, -0.2) is 47.4 Å². The lowest BCUT2D eigenvalue weighted by molar-refractivity contribution is -0.135. The summed E-state index contributed by atoms with van der Waals surface area (Å²) in [5.41, 5.74) is 1.14. The van der Waals surface area contributed by atoms with E-state index in [4.69, 9.17) is 4.74 Å². The number of rotatable bonds is 9. The van der Waals surface area contributed by atoms with Crippen LogP contribution in [0.3, 0.4) is 0 Å². The van der Waals surface area contributed by atoms with Crippen LogP contribution in [0.4, 0.5) is 0 Å². The Morgan fingerprint density at radius 3 is 2.65 bits per heavy atom. The number of amides is 2. The molecule has 5 nitrogen and oxygen atoms in total. The van der Waals surface area contributed by atoms with Gasteiger partial charge in [0, 0.05) is 38.5 Å². The molecule has 1 aliphatic heterocycles. The van der Waals surface area contributed by atoms with Gasteiger partial charge in [-0.3, -0.25) is 9.59 Å². The van der Waals surface area contributed by atoms with Crippen molar-refractivity contribution in [3.05, 3.63) is 29.8 Å². The van der Waals surface area contributed by atoms with Crippen LogP contribution in [0.1, 0.15) is 57.4 Å². The van der Waals surface area contributed by atoms with Crippen molar-refractivity contribution in [3.8, 4) is 5.75 Å². The summed E-state index contributed by atoms with van der Waals surface area (Å²) in [6, 6.07) is 8.41. The number of carbonyl (C=O) groups excluding carboxylic acids is 2. The van der Waals surface area contributed by atoms with Crippen LogP contribution in [0.2, 0.25) is 0 Å². The SMILES string of the molecule is CCOc1ccc(CN(C(=O)CCCN2CCCCC2=O)C2CC2)cc1. The van der Waals surface area contributed by atoms with Crippen molar-refractivity contribution in [3.63, 3.8) is 0 Å². The van der Waals surface area contributed by atoms with Crippen molar-refractivity contribution < 1.29 is 14.3 Å². The second kappa shape index (κ2) is 9.06. The highest BCUT2D eigenvalue weighted by Crippen LogP contribution is 2.29. The number of hydrogen-bond donors (Lipinski definition) is 0. The Labute approximate surface area is 156 Å². The van der Waals surface area contributed by atoms with Crippen LogP contribution in [0.25, 0.3) is 0 Å². The first-order valence-electron chi connectivity index (χ1n) is 9.96. The minimum Gasteiger partial charge on any atom is -0.494 e. The fraction of sp³-hybridized carbons (Fsp3) is 0.619. The third kappa shape index (κ3) is 5.23. The molecule has 1 aromatic carbocycles. The number of benzene rings is 1. The summed E-state index contributed by atoms with van der Waals surface area (Å²) < 4.78 is 5.48. The van der Waals surface area contributed by atoms with Gasteiger partial charge in [-0.15, -0.1) is 0 Å². The van der Waals surface area contributed by atoms with Gasteiger partial charge in [-0.25, -0.2) is 0 Å². The highest BCUT2D eigenvalue weighted by molar-refractivity contribution is 5.78. The molecule has 3 rings (SSSR count). The summed E-state index contributed by atoms with van der Waals surface area (Å²) in [5.74, 6) is 1.33. The van der Waals surface area contributed by atoms with Gasteiger partial charge in [0.1, 0.15) is 5.75 Å². The van der Waals surface area contributed by atoms with E-state index in [1.165, 1.54) is 0 Å². The predicted molar refractivity (Wildman–Crippen MR) is 101 cm³/mol. The smallest absolute Gasteiger partial charge is 0.223 e. The van der Waals surface area contributed by atoms with E-state index in [1.54, 1.807) is 0 Å². The van der Waals surface area contributed by atoms with Gasteiger partial charge in [-0.05, 0) is 56.7 Å². The van der Waals surface area contributed by atoms with Crippen molar-refractivity contribution in [1.29, 1.82) is 0 Å². The molecule has 0 atom stereocenters. The van der Waals surface area contributed by atoms with Gasteiger partial charge in [-0.2, -0.15) is 0 Å². The van der Waals surface area contributed by atoms with Crippen molar-refractivity contribution in [2.24, 2.45) is 0 Å². The minimum absolute atomic E-state index is 0.214. The van der Waals surface area contributed by atoms with Gasteiger partial charge in [-0.1, -0.05) is 12.1 Å². The zero-order valence-electron chi connectivity index (χ0n) is 15.8. The quantitative estimate of drug-likeness (QED) is 0.680. The highest BCUT2D eigenvalue weighted by atomic mass is 16.5. The van der Waals surface area contributed by atoms with Crippen LogP contribution in [0.5, 0.6) is 5.75 Å². The van der Waals surface area contributed by atoms with Gasteiger partial charge < -0.3 is 14.5 Å². The Hall–Kier alpha value is -2.04. The molecule has 26 heavy (non-hydrogen) atoms. The van der Waals surface area contributed by atoms with E-state index in [2.05, 4.69) is 0 Å². The second-order valence-corrected chi connectivity index (χ2v) is 7.27. The van der Waals surface area contributed by atoms with Gasteiger partial charge in [0.2, 0.25) is 11.8 Å². The fourth-order valence-corrected chi connectivity index (χ4v) is 3.52. The maximum absolute atomic E-state index is 12.7. The standard InChI is InChI=1S/C21H30N2O3/c1-2-26-19-12-8-17(9-13-19)16-23(18-10-11-18)21(25)7-5-15-22-14-4-3-6-20(22)24/h8-9,12-13,18H,2-7,10-11,14-16H2,1H3. The van der Waals surface area contributed by atoms with Crippen LogP contribution in [0.15, 0.2) is 24.3 Å². The largest absolute Gasteiger partial charge is 0.494 e. The third-order valence-electron chi connectivity index (χ3n) is 5.14. The van der Waals surface area contributed by atoms with Crippen molar-refractivity contribution >= 4 is 11.8 Å². The van der Waals surface area contributed by atoms with E-state index in [1.807, 2.05) is 41.0 Å². The molecule has 0 aromatic heterocycles. The average Bonchev–Trinajstić information content (AvgIpc) is 3.48. The van der Waals surface area contributed by atoms with E-state index >= 15 is 0 Å². The average molecular weight is 358 g/mol. The second-order valence-electron chi connectivity index (χ2n) is 7.27. The van der Waals surface area contributed by atoms with Gasteiger partial charge >= 0.3 is 0 Å². The van der Waals surface area contributed by atoms with Crippen molar-refractivity contribution in [1.82, 2.24) is 9.80 Å². The number of nitrogens with zero attached hydrogens (tertiary/aromatic N) is 2. The number of likely N-dealkylation sites (tertiary alicyclic amines) is 1. The van der Waals surface area contributed by atoms with E-state index in [0.29, 0.717) is 38.6 Å². The number of piperidine rings is 1. The highest BCUT2D eigenvalue weighted by Gasteiger charge is 2.32. The molecule has 1 saturated carbocycles. The first kappa shape index (κ1) is 18.7. The molecule has 1 aromatic rings. The molecule has 0 N–H and O–H groups in total. The Bertz CT molecular complexity index is 610. The zero-order valence-corrected chi connectivity index (χ0v) is 15.8. The molecule has 1 heterocycles. The van der Waals surface area contributed by atoms with E-state index in [9.17, 15) is 9.59 Å². The maximum Gasteiger partial charge on any atom is 0.223 e. The van der Waals surface area contributed by atoms with E-state index in [0.717, 1.165) is 50.0 Å². The van der Waals surface area contributed by atoms with Crippen molar-refractivity contribution in [2.45, 2.75) is 64.5 Å². The molecular weight excluding hydrogens is 328 g/mol. The lowest BCUT2D eigenvalue weighted by Gasteiger charge is -2.27. The fourth-order valence-electron chi connectivity index (χ4n) is 3.52. The molecule has 0 bridgehead atoms. The normalized spacial score (nSPS) is 17.3. The van der Waals surface area contributed by atoms with Crippen LogP contribution in [-0.2, 0) is 16.1 Å².